The van der Waals surface area contributed by atoms with Gasteiger partial charge < -0.3 is 10.2 Å². The van der Waals surface area contributed by atoms with Crippen LogP contribution in [0, 0.1) is 0 Å². The highest BCUT2D eigenvalue weighted by Gasteiger charge is 2.33. The molecule has 1 aromatic rings. The zero-order valence-corrected chi connectivity index (χ0v) is 9.20. The first-order valence-electron chi connectivity index (χ1n) is 5.60. The molecule has 2 atom stereocenters. The molecule has 4 nitrogen and oxygen atoms in total. The van der Waals surface area contributed by atoms with Crippen molar-refractivity contribution < 1.29 is 17.6 Å². The van der Waals surface area contributed by atoms with Crippen molar-refractivity contribution in [3.63, 3.8) is 0 Å². The number of hydrogen-bond donors (Lipinski definition) is 1. The summed E-state index contributed by atoms with van der Waals surface area (Å²) in [6.07, 6.45) is -1.81. The number of alkyl halides is 3. The summed E-state index contributed by atoms with van der Waals surface area (Å²) in [6.45, 7) is 0. The molecule has 1 aliphatic rings. The van der Waals surface area contributed by atoms with Gasteiger partial charge in [0.1, 0.15) is 6.42 Å². The summed E-state index contributed by atoms with van der Waals surface area (Å²) >= 11 is 0. The summed E-state index contributed by atoms with van der Waals surface area (Å²) in [7, 11) is 0. The van der Waals surface area contributed by atoms with Crippen molar-refractivity contribution in [3.05, 3.63) is 11.8 Å². The fourth-order valence-electron chi connectivity index (χ4n) is 2.13. The Morgan fingerprint density at radius 3 is 2.59 bits per heavy atom. The average Bonchev–Trinajstić information content (AvgIpc) is 2.64. The zero-order valence-electron chi connectivity index (χ0n) is 9.20. The monoisotopic (exact) mass is 249 g/mol. The minimum absolute atomic E-state index is 0.0945. The van der Waals surface area contributed by atoms with Crippen LogP contribution in [0.4, 0.5) is 13.2 Å². The van der Waals surface area contributed by atoms with E-state index in [-0.39, 0.29) is 23.7 Å². The molecule has 1 aromatic heterocycles. The van der Waals surface area contributed by atoms with E-state index in [9.17, 15) is 13.2 Å². The van der Waals surface area contributed by atoms with Crippen LogP contribution in [0.15, 0.2) is 4.42 Å². The Balaban J connectivity index is 2.07. The fraction of sp³-hybridized carbons (Fsp3) is 0.800. The summed E-state index contributed by atoms with van der Waals surface area (Å²) in [6, 6.07) is -0.0945. The largest absolute Gasteiger partial charge is 0.425 e. The molecule has 1 saturated carbocycles. The van der Waals surface area contributed by atoms with Crippen LogP contribution >= 0.6 is 0 Å². The third-order valence-electron chi connectivity index (χ3n) is 2.97. The van der Waals surface area contributed by atoms with E-state index in [1.165, 1.54) is 0 Å². The maximum Gasteiger partial charge on any atom is 0.397 e. The number of nitrogens with zero attached hydrogens (tertiary/aromatic N) is 2. The molecular weight excluding hydrogens is 235 g/mol. The molecule has 17 heavy (non-hydrogen) atoms. The van der Waals surface area contributed by atoms with E-state index in [0.29, 0.717) is 0 Å². The van der Waals surface area contributed by atoms with Crippen LogP contribution in [0.3, 0.4) is 0 Å². The van der Waals surface area contributed by atoms with Crippen LogP contribution in [0.25, 0.3) is 0 Å². The Kier molecular flexibility index (Phi) is 3.37. The Bertz CT molecular complexity index is 377. The highest BCUT2D eigenvalue weighted by atomic mass is 19.4. The van der Waals surface area contributed by atoms with E-state index < -0.39 is 12.6 Å². The van der Waals surface area contributed by atoms with Gasteiger partial charge in [-0.3, -0.25) is 0 Å². The van der Waals surface area contributed by atoms with Gasteiger partial charge in [-0.05, 0) is 12.8 Å². The lowest BCUT2D eigenvalue weighted by molar-refractivity contribution is -0.131. The van der Waals surface area contributed by atoms with Crippen LogP contribution in [0.2, 0.25) is 0 Å². The first kappa shape index (κ1) is 12.3. The normalized spacial score (nSPS) is 26.1. The number of hydrogen-bond acceptors (Lipinski definition) is 4. The molecule has 1 aliphatic carbocycles. The van der Waals surface area contributed by atoms with Gasteiger partial charge in [-0.25, -0.2) is 0 Å². The van der Waals surface area contributed by atoms with Gasteiger partial charge in [-0.15, -0.1) is 10.2 Å². The van der Waals surface area contributed by atoms with Crippen molar-refractivity contribution >= 4 is 0 Å². The molecule has 0 amide bonds. The SMILES string of the molecule is N[C@@H]1CCCC[C@H]1c1nnc(CC(F)(F)F)o1. The second-order valence-corrected chi connectivity index (χ2v) is 4.38. The molecule has 96 valence electrons. The molecule has 0 aliphatic heterocycles. The first-order chi connectivity index (χ1) is 7.96. The van der Waals surface area contributed by atoms with E-state index in [4.69, 9.17) is 10.2 Å². The van der Waals surface area contributed by atoms with Crippen molar-refractivity contribution in [1.82, 2.24) is 10.2 Å². The highest BCUT2D eigenvalue weighted by Crippen LogP contribution is 2.31. The summed E-state index contributed by atoms with van der Waals surface area (Å²) in [4.78, 5) is 0. The Morgan fingerprint density at radius 2 is 1.94 bits per heavy atom. The van der Waals surface area contributed by atoms with Crippen LogP contribution < -0.4 is 5.73 Å². The van der Waals surface area contributed by atoms with Crippen LogP contribution in [-0.4, -0.2) is 22.4 Å². The third-order valence-corrected chi connectivity index (χ3v) is 2.97. The van der Waals surface area contributed by atoms with Gasteiger partial charge in [0.25, 0.3) is 0 Å². The Hall–Kier alpha value is -1.11. The summed E-state index contributed by atoms with van der Waals surface area (Å²) in [5, 5.41) is 7.10. The predicted molar refractivity (Wildman–Crippen MR) is 53.2 cm³/mol. The lowest BCUT2D eigenvalue weighted by atomic mass is 9.85. The minimum atomic E-state index is -4.32. The highest BCUT2D eigenvalue weighted by molar-refractivity contribution is 4.99. The van der Waals surface area contributed by atoms with Gasteiger partial charge in [0.2, 0.25) is 11.8 Å². The van der Waals surface area contributed by atoms with E-state index in [2.05, 4.69) is 10.2 Å². The van der Waals surface area contributed by atoms with Gasteiger partial charge in [-0.1, -0.05) is 12.8 Å². The zero-order chi connectivity index (χ0) is 12.5. The second kappa shape index (κ2) is 4.64. The molecule has 1 fully saturated rings. The standard InChI is InChI=1S/C10H14F3N3O/c11-10(12,13)5-8-15-16-9(17-8)6-3-1-2-4-7(6)14/h6-7H,1-5,14H2/t6-,7-/m1/s1. The predicted octanol–water partition coefficient (Wildman–Crippen LogP) is 2.16. The van der Waals surface area contributed by atoms with Crippen molar-refractivity contribution in [3.8, 4) is 0 Å². The molecule has 0 bridgehead atoms. The Labute approximate surface area is 96.4 Å². The van der Waals surface area contributed by atoms with Crippen molar-refractivity contribution in [1.29, 1.82) is 0 Å². The smallest absolute Gasteiger partial charge is 0.397 e. The molecule has 7 heteroatoms. The van der Waals surface area contributed by atoms with Gasteiger partial charge in [0.15, 0.2) is 0 Å². The van der Waals surface area contributed by atoms with Crippen molar-refractivity contribution in [2.45, 2.75) is 50.2 Å². The maximum absolute atomic E-state index is 12.1. The third kappa shape index (κ3) is 3.18. The van der Waals surface area contributed by atoms with Crippen LogP contribution in [-0.2, 0) is 6.42 Å². The number of aromatic nitrogens is 2. The summed E-state index contributed by atoms with van der Waals surface area (Å²) < 4.78 is 41.4. The first-order valence-corrected chi connectivity index (χ1v) is 5.60. The second-order valence-electron chi connectivity index (χ2n) is 4.38. The molecule has 1 heterocycles. The maximum atomic E-state index is 12.1. The quantitative estimate of drug-likeness (QED) is 0.872. The number of nitrogens with two attached hydrogens (primary N) is 1. The summed E-state index contributed by atoms with van der Waals surface area (Å²) in [5.74, 6) is -0.236. The van der Waals surface area contributed by atoms with Gasteiger partial charge in [0.05, 0.1) is 5.92 Å². The topological polar surface area (TPSA) is 64.9 Å². The fourth-order valence-corrected chi connectivity index (χ4v) is 2.13. The van der Waals surface area contributed by atoms with E-state index >= 15 is 0 Å². The number of rotatable bonds is 2. The van der Waals surface area contributed by atoms with Gasteiger partial charge >= 0.3 is 6.18 Å². The molecule has 2 rings (SSSR count). The molecule has 0 saturated heterocycles. The number of halogens is 3. The lowest BCUT2D eigenvalue weighted by Gasteiger charge is -2.25. The molecule has 0 unspecified atom stereocenters. The average molecular weight is 249 g/mol. The van der Waals surface area contributed by atoms with Gasteiger partial charge in [-0.2, -0.15) is 13.2 Å². The van der Waals surface area contributed by atoms with E-state index in [0.717, 1.165) is 25.7 Å². The minimum Gasteiger partial charge on any atom is -0.425 e. The molecular formula is C10H14F3N3O. The Morgan fingerprint density at radius 1 is 1.24 bits per heavy atom. The molecule has 0 spiro atoms. The lowest BCUT2D eigenvalue weighted by Crippen LogP contribution is -2.31. The molecule has 0 aromatic carbocycles. The molecule has 0 radical (unpaired) electrons. The van der Waals surface area contributed by atoms with Crippen molar-refractivity contribution in [2.75, 3.05) is 0 Å². The van der Waals surface area contributed by atoms with E-state index in [1.807, 2.05) is 0 Å². The van der Waals surface area contributed by atoms with Crippen molar-refractivity contribution in [2.24, 2.45) is 5.73 Å². The molecule has 2 N–H and O–H groups in total. The van der Waals surface area contributed by atoms with E-state index in [1.54, 1.807) is 0 Å². The summed E-state index contributed by atoms with van der Waals surface area (Å²) in [5.41, 5.74) is 5.90. The van der Waals surface area contributed by atoms with Crippen LogP contribution in [0.5, 0.6) is 0 Å². The van der Waals surface area contributed by atoms with Gasteiger partial charge in [0, 0.05) is 6.04 Å². The van der Waals surface area contributed by atoms with Crippen LogP contribution in [0.1, 0.15) is 43.4 Å².